The molecule has 0 radical (unpaired) electrons. The van der Waals surface area contributed by atoms with Crippen molar-refractivity contribution in [3.63, 3.8) is 0 Å². The summed E-state index contributed by atoms with van der Waals surface area (Å²) in [4.78, 5) is 0. The second-order valence-electron chi connectivity index (χ2n) is 6.27. The number of ether oxygens (including phenoxy) is 1. The highest BCUT2D eigenvalue weighted by Gasteiger charge is 2.21. The molecular weight excluding hydrogens is 270 g/mol. The monoisotopic (exact) mass is 296 g/mol. The maximum absolute atomic E-state index is 13.9. The molecular formula is C18H26F2O. The summed E-state index contributed by atoms with van der Waals surface area (Å²) >= 11 is 0. The minimum atomic E-state index is -0.860. The Morgan fingerprint density at radius 3 is 2.19 bits per heavy atom. The maximum atomic E-state index is 13.9. The van der Waals surface area contributed by atoms with E-state index in [-0.39, 0.29) is 5.75 Å². The fourth-order valence-corrected chi connectivity index (χ4v) is 3.50. The van der Waals surface area contributed by atoms with Crippen molar-refractivity contribution >= 4 is 0 Å². The van der Waals surface area contributed by atoms with E-state index >= 15 is 0 Å². The molecule has 1 fully saturated rings. The first kappa shape index (κ1) is 16.3. The zero-order chi connectivity index (χ0) is 15.2. The number of methoxy groups -OCH3 is 1. The molecule has 1 aromatic carbocycles. The van der Waals surface area contributed by atoms with Crippen molar-refractivity contribution in [1.82, 2.24) is 0 Å². The molecule has 0 bridgehead atoms. The van der Waals surface area contributed by atoms with Gasteiger partial charge in [-0.1, -0.05) is 51.5 Å². The Balaban J connectivity index is 1.85. The van der Waals surface area contributed by atoms with E-state index in [1.165, 1.54) is 51.7 Å². The second kappa shape index (κ2) is 7.77. The minimum Gasteiger partial charge on any atom is -0.494 e. The van der Waals surface area contributed by atoms with Crippen LogP contribution < -0.4 is 4.74 Å². The van der Waals surface area contributed by atoms with Gasteiger partial charge in [0.15, 0.2) is 11.6 Å². The van der Waals surface area contributed by atoms with Crippen LogP contribution in [0.3, 0.4) is 0 Å². The zero-order valence-electron chi connectivity index (χ0n) is 13.1. The third-order valence-corrected chi connectivity index (χ3v) is 4.83. The number of benzene rings is 1. The van der Waals surface area contributed by atoms with Crippen LogP contribution >= 0.6 is 0 Å². The molecule has 0 aliphatic heterocycles. The van der Waals surface area contributed by atoms with Crippen molar-refractivity contribution in [2.75, 3.05) is 7.11 Å². The van der Waals surface area contributed by atoms with Crippen LogP contribution in [0.4, 0.5) is 8.78 Å². The van der Waals surface area contributed by atoms with E-state index in [1.807, 2.05) is 0 Å². The SMILES string of the molecule is CCCC1CCC(CCc2ccc(OC)c(F)c2F)CC1. The molecule has 0 saturated heterocycles. The summed E-state index contributed by atoms with van der Waals surface area (Å²) in [5.41, 5.74) is 0.476. The predicted octanol–water partition coefficient (Wildman–Crippen LogP) is 5.51. The number of aryl methyl sites for hydroxylation is 1. The largest absolute Gasteiger partial charge is 0.494 e. The van der Waals surface area contributed by atoms with Crippen LogP contribution in [0, 0.1) is 23.5 Å². The molecule has 0 amide bonds. The lowest BCUT2D eigenvalue weighted by Crippen LogP contribution is -2.15. The van der Waals surface area contributed by atoms with Crippen molar-refractivity contribution in [2.24, 2.45) is 11.8 Å². The molecule has 0 aromatic heterocycles. The fourth-order valence-electron chi connectivity index (χ4n) is 3.50. The van der Waals surface area contributed by atoms with E-state index in [2.05, 4.69) is 6.92 Å². The summed E-state index contributed by atoms with van der Waals surface area (Å²) in [5.74, 6) is -0.0592. The van der Waals surface area contributed by atoms with Crippen LogP contribution in [0.1, 0.15) is 57.4 Å². The third-order valence-electron chi connectivity index (χ3n) is 4.83. The van der Waals surface area contributed by atoms with Crippen LogP contribution in [-0.4, -0.2) is 7.11 Å². The maximum Gasteiger partial charge on any atom is 0.200 e. The Morgan fingerprint density at radius 1 is 1.00 bits per heavy atom. The van der Waals surface area contributed by atoms with E-state index in [0.29, 0.717) is 17.9 Å². The van der Waals surface area contributed by atoms with E-state index in [9.17, 15) is 8.78 Å². The molecule has 1 aliphatic rings. The molecule has 21 heavy (non-hydrogen) atoms. The number of halogens is 2. The van der Waals surface area contributed by atoms with Crippen molar-refractivity contribution < 1.29 is 13.5 Å². The molecule has 0 atom stereocenters. The van der Waals surface area contributed by atoms with Crippen LogP contribution in [0.25, 0.3) is 0 Å². The lowest BCUT2D eigenvalue weighted by molar-refractivity contribution is 0.251. The van der Waals surface area contributed by atoms with Gasteiger partial charge in [0.25, 0.3) is 0 Å². The van der Waals surface area contributed by atoms with Gasteiger partial charge in [0, 0.05) is 0 Å². The molecule has 0 unspecified atom stereocenters. The number of rotatable bonds is 6. The van der Waals surface area contributed by atoms with E-state index in [0.717, 1.165) is 12.3 Å². The van der Waals surface area contributed by atoms with Gasteiger partial charge in [0.1, 0.15) is 0 Å². The highest BCUT2D eigenvalue weighted by Crippen LogP contribution is 2.34. The predicted molar refractivity (Wildman–Crippen MR) is 81.6 cm³/mol. The molecule has 3 heteroatoms. The van der Waals surface area contributed by atoms with Gasteiger partial charge in [-0.25, -0.2) is 4.39 Å². The summed E-state index contributed by atoms with van der Waals surface area (Å²) in [5, 5.41) is 0. The summed E-state index contributed by atoms with van der Waals surface area (Å²) in [6.45, 7) is 2.24. The van der Waals surface area contributed by atoms with Crippen LogP contribution in [0.5, 0.6) is 5.75 Å². The molecule has 2 rings (SSSR count). The van der Waals surface area contributed by atoms with Gasteiger partial charge in [-0.3, -0.25) is 0 Å². The quantitative estimate of drug-likeness (QED) is 0.672. The summed E-state index contributed by atoms with van der Waals surface area (Å²) in [6, 6.07) is 3.17. The summed E-state index contributed by atoms with van der Waals surface area (Å²) in [6.07, 6.45) is 9.28. The molecule has 1 aromatic rings. The molecule has 1 nitrogen and oxygen atoms in total. The molecule has 0 N–H and O–H groups in total. The van der Waals surface area contributed by atoms with Gasteiger partial charge < -0.3 is 4.74 Å². The molecule has 0 spiro atoms. The average Bonchev–Trinajstić information content (AvgIpc) is 2.50. The number of hydrogen-bond acceptors (Lipinski definition) is 1. The van der Waals surface area contributed by atoms with Gasteiger partial charge in [0.05, 0.1) is 7.11 Å². The first-order valence-corrected chi connectivity index (χ1v) is 8.16. The molecule has 118 valence electrons. The van der Waals surface area contributed by atoms with Gasteiger partial charge in [0.2, 0.25) is 5.82 Å². The van der Waals surface area contributed by atoms with Crippen molar-refractivity contribution in [1.29, 1.82) is 0 Å². The highest BCUT2D eigenvalue weighted by atomic mass is 19.2. The topological polar surface area (TPSA) is 9.23 Å². The normalized spacial score (nSPS) is 22.3. The molecule has 0 heterocycles. The third kappa shape index (κ3) is 4.18. The van der Waals surface area contributed by atoms with E-state index in [1.54, 1.807) is 6.07 Å². The van der Waals surface area contributed by atoms with Gasteiger partial charge >= 0.3 is 0 Å². The lowest BCUT2D eigenvalue weighted by atomic mass is 9.78. The fraction of sp³-hybridized carbons (Fsp3) is 0.667. The zero-order valence-corrected chi connectivity index (χ0v) is 13.1. The van der Waals surface area contributed by atoms with Gasteiger partial charge in [-0.2, -0.15) is 4.39 Å². The minimum absolute atomic E-state index is 0.0173. The Bertz CT molecular complexity index is 451. The molecule has 1 aliphatic carbocycles. The Hall–Kier alpha value is -1.12. The van der Waals surface area contributed by atoms with Crippen LogP contribution in [0.2, 0.25) is 0 Å². The smallest absolute Gasteiger partial charge is 0.200 e. The first-order valence-electron chi connectivity index (χ1n) is 8.16. The van der Waals surface area contributed by atoms with Gasteiger partial charge in [-0.15, -0.1) is 0 Å². The standard InChI is InChI=1S/C18H26F2O/c1-3-4-13-5-7-14(8-6-13)9-10-15-11-12-16(21-2)18(20)17(15)19/h11-14H,3-10H2,1-2H3. The van der Waals surface area contributed by atoms with Gasteiger partial charge in [-0.05, 0) is 36.3 Å². The van der Waals surface area contributed by atoms with Crippen molar-refractivity contribution in [3.8, 4) is 5.75 Å². The molecule has 1 saturated carbocycles. The van der Waals surface area contributed by atoms with Crippen molar-refractivity contribution in [3.05, 3.63) is 29.3 Å². The second-order valence-corrected chi connectivity index (χ2v) is 6.27. The lowest BCUT2D eigenvalue weighted by Gasteiger charge is -2.28. The average molecular weight is 296 g/mol. The summed E-state index contributed by atoms with van der Waals surface area (Å²) < 4.78 is 32.4. The summed E-state index contributed by atoms with van der Waals surface area (Å²) in [7, 11) is 1.35. The first-order chi connectivity index (χ1) is 10.2. The Morgan fingerprint density at radius 2 is 1.62 bits per heavy atom. The highest BCUT2D eigenvalue weighted by molar-refractivity contribution is 5.31. The Labute approximate surface area is 126 Å². The van der Waals surface area contributed by atoms with E-state index in [4.69, 9.17) is 4.74 Å². The number of hydrogen-bond donors (Lipinski definition) is 0. The van der Waals surface area contributed by atoms with Crippen molar-refractivity contribution in [2.45, 2.75) is 58.3 Å². The van der Waals surface area contributed by atoms with E-state index < -0.39 is 11.6 Å². The van der Waals surface area contributed by atoms with Crippen LogP contribution in [0.15, 0.2) is 12.1 Å². The van der Waals surface area contributed by atoms with Crippen LogP contribution in [-0.2, 0) is 6.42 Å². The Kier molecular flexibility index (Phi) is 6.01.